The molecule has 2 heterocycles. The van der Waals surface area contributed by atoms with Gasteiger partial charge in [0.25, 0.3) is 0 Å². The molecule has 0 amide bonds. The summed E-state index contributed by atoms with van der Waals surface area (Å²) in [6.45, 7) is 0. The number of benzene rings is 9. The van der Waals surface area contributed by atoms with Crippen LogP contribution in [0.1, 0.15) is 0 Å². The number of furan rings is 1. The minimum Gasteiger partial charge on any atom is -0.454 e. The van der Waals surface area contributed by atoms with Crippen molar-refractivity contribution in [2.45, 2.75) is 0 Å². The van der Waals surface area contributed by atoms with Gasteiger partial charge in [-0.1, -0.05) is 133 Å². The molecule has 9 aromatic carbocycles. The number of aromatic nitrogens is 1. The lowest BCUT2D eigenvalue weighted by atomic mass is 9.93. The van der Waals surface area contributed by atoms with Gasteiger partial charge in [0.1, 0.15) is 5.58 Å². The maximum atomic E-state index is 6.35. The van der Waals surface area contributed by atoms with Crippen molar-refractivity contribution in [3.05, 3.63) is 182 Å². The van der Waals surface area contributed by atoms with Crippen LogP contribution >= 0.6 is 0 Å². The van der Waals surface area contributed by atoms with E-state index >= 15 is 0 Å². The molecular formula is C49H30N2O. The van der Waals surface area contributed by atoms with Gasteiger partial charge in [-0.2, -0.15) is 0 Å². The monoisotopic (exact) mass is 662 g/mol. The summed E-state index contributed by atoms with van der Waals surface area (Å²) in [6.07, 6.45) is 3.79. The van der Waals surface area contributed by atoms with Crippen molar-refractivity contribution in [1.29, 1.82) is 0 Å². The van der Waals surface area contributed by atoms with Crippen LogP contribution in [0.3, 0.4) is 0 Å². The van der Waals surface area contributed by atoms with Gasteiger partial charge in [-0.05, 0) is 101 Å². The van der Waals surface area contributed by atoms with Crippen molar-refractivity contribution in [1.82, 2.24) is 4.98 Å². The Morgan fingerprint density at radius 1 is 0.385 bits per heavy atom. The third kappa shape index (κ3) is 4.30. The van der Waals surface area contributed by atoms with Crippen LogP contribution in [-0.4, -0.2) is 4.98 Å². The fourth-order valence-electron chi connectivity index (χ4n) is 8.37. The van der Waals surface area contributed by atoms with Gasteiger partial charge >= 0.3 is 0 Å². The van der Waals surface area contributed by atoms with Gasteiger partial charge in [0, 0.05) is 16.8 Å². The topological polar surface area (TPSA) is 29.3 Å². The Hall–Kier alpha value is -6.97. The zero-order valence-corrected chi connectivity index (χ0v) is 28.1. The van der Waals surface area contributed by atoms with E-state index < -0.39 is 0 Å². The van der Waals surface area contributed by atoms with Crippen molar-refractivity contribution in [2.75, 3.05) is 4.90 Å². The minimum atomic E-state index is 0.764. The minimum absolute atomic E-state index is 0.764. The molecule has 0 fully saturated rings. The Morgan fingerprint density at radius 3 is 1.63 bits per heavy atom. The van der Waals surface area contributed by atoms with Gasteiger partial charge in [0.15, 0.2) is 5.58 Å². The molecule has 0 aliphatic rings. The molecule has 0 radical (unpaired) electrons. The van der Waals surface area contributed by atoms with Gasteiger partial charge in [-0.15, -0.1) is 0 Å². The average molecular weight is 663 g/mol. The second-order valence-electron chi connectivity index (χ2n) is 13.5. The van der Waals surface area contributed by atoms with Crippen LogP contribution < -0.4 is 4.90 Å². The van der Waals surface area contributed by atoms with E-state index in [4.69, 9.17) is 9.40 Å². The molecule has 11 aromatic rings. The molecule has 2 aromatic heterocycles. The van der Waals surface area contributed by atoms with E-state index in [-0.39, 0.29) is 0 Å². The number of hydrogen-bond donors (Lipinski definition) is 0. The summed E-state index contributed by atoms with van der Waals surface area (Å²) in [7, 11) is 0. The number of para-hydroxylation sites is 1. The lowest BCUT2D eigenvalue weighted by Crippen LogP contribution is -2.10. The summed E-state index contributed by atoms with van der Waals surface area (Å²) in [5, 5.41) is 14.6. The predicted molar refractivity (Wildman–Crippen MR) is 219 cm³/mol. The summed E-state index contributed by atoms with van der Waals surface area (Å²) in [5.41, 5.74) is 7.07. The first-order valence-corrected chi connectivity index (χ1v) is 17.7. The van der Waals surface area contributed by atoms with Gasteiger partial charge in [0.2, 0.25) is 0 Å². The molecule has 0 N–H and O–H groups in total. The number of hydrogen-bond acceptors (Lipinski definition) is 3. The Morgan fingerprint density at radius 2 is 0.923 bits per heavy atom. The van der Waals surface area contributed by atoms with Crippen molar-refractivity contribution in [3.8, 4) is 11.1 Å². The Balaban J connectivity index is 1.16. The largest absolute Gasteiger partial charge is 0.454 e. The lowest BCUT2D eigenvalue weighted by molar-refractivity contribution is 0.667. The van der Waals surface area contributed by atoms with E-state index in [1.807, 2.05) is 24.5 Å². The molecule has 0 aliphatic heterocycles. The summed E-state index contributed by atoms with van der Waals surface area (Å²) in [6, 6.07) is 61.3. The van der Waals surface area contributed by atoms with Gasteiger partial charge in [-0.3, -0.25) is 4.98 Å². The molecule has 0 aliphatic carbocycles. The van der Waals surface area contributed by atoms with Gasteiger partial charge in [0.05, 0.1) is 23.5 Å². The van der Waals surface area contributed by atoms with E-state index in [9.17, 15) is 0 Å². The highest BCUT2D eigenvalue weighted by molar-refractivity contribution is 6.26. The SMILES string of the molecule is c1ccc2c(c1)cc(-c1ccc(N(c3ccc4c5ccccc5c5ccccc5c4c3)c3cncc4oc5ccccc5c34)cc1)c1ccccc12. The molecule has 0 atom stereocenters. The van der Waals surface area contributed by atoms with Crippen molar-refractivity contribution >= 4 is 92.9 Å². The third-order valence-corrected chi connectivity index (χ3v) is 10.7. The highest BCUT2D eigenvalue weighted by Crippen LogP contribution is 2.45. The summed E-state index contributed by atoms with van der Waals surface area (Å²) < 4.78 is 6.35. The normalized spacial score (nSPS) is 11.8. The van der Waals surface area contributed by atoms with Crippen LogP contribution in [0.25, 0.3) is 86.9 Å². The maximum absolute atomic E-state index is 6.35. The number of rotatable bonds is 4. The first-order valence-electron chi connectivity index (χ1n) is 17.7. The van der Waals surface area contributed by atoms with E-state index in [0.29, 0.717) is 0 Å². The zero-order valence-electron chi connectivity index (χ0n) is 28.1. The van der Waals surface area contributed by atoms with Crippen LogP contribution in [0.5, 0.6) is 0 Å². The molecule has 3 heteroatoms. The number of nitrogens with zero attached hydrogens (tertiary/aromatic N) is 2. The second kappa shape index (κ2) is 11.3. The Kier molecular flexibility index (Phi) is 6.25. The molecule has 242 valence electrons. The Bertz CT molecular complexity index is 3160. The molecular weight excluding hydrogens is 633 g/mol. The fraction of sp³-hybridized carbons (Fsp3) is 0. The predicted octanol–water partition coefficient (Wildman–Crippen LogP) is 13.9. The Labute approximate surface area is 299 Å². The maximum Gasteiger partial charge on any atom is 0.155 e. The first-order chi connectivity index (χ1) is 25.8. The van der Waals surface area contributed by atoms with E-state index in [1.54, 1.807) is 0 Å². The van der Waals surface area contributed by atoms with Crippen molar-refractivity contribution in [3.63, 3.8) is 0 Å². The average Bonchev–Trinajstić information content (AvgIpc) is 3.61. The molecule has 3 nitrogen and oxygen atoms in total. The number of anilines is 3. The molecule has 52 heavy (non-hydrogen) atoms. The summed E-state index contributed by atoms with van der Waals surface area (Å²) >= 11 is 0. The summed E-state index contributed by atoms with van der Waals surface area (Å²) in [4.78, 5) is 7.06. The van der Waals surface area contributed by atoms with Crippen LogP contribution in [0.4, 0.5) is 17.1 Å². The quantitative estimate of drug-likeness (QED) is 0.176. The zero-order chi connectivity index (χ0) is 34.2. The molecule has 11 rings (SSSR count). The molecule has 0 spiro atoms. The van der Waals surface area contributed by atoms with E-state index in [1.165, 1.54) is 65.0 Å². The van der Waals surface area contributed by atoms with E-state index in [0.717, 1.165) is 39.0 Å². The van der Waals surface area contributed by atoms with Crippen LogP contribution in [0.2, 0.25) is 0 Å². The molecule has 0 saturated carbocycles. The highest BCUT2D eigenvalue weighted by atomic mass is 16.3. The highest BCUT2D eigenvalue weighted by Gasteiger charge is 2.21. The van der Waals surface area contributed by atoms with Gasteiger partial charge < -0.3 is 9.32 Å². The third-order valence-electron chi connectivity index (χ3n) is 10.7. The first kappa shape index (κ1) is 28.8. The number of fused-ring (bicyclic) bond motifs is 12. The van der Waals surface area contributed by atoms with Gasteiger partial charge in [-0.25, -0.2) is 0 Å². The summed E-state index contributed by atoms with van der Waals surface area (Å²) in [5.74, 6) is 0. The lowest BCUT2D eigenvalue weighted by Gasteiger charge is -2.27. The molecule has 0 saturated heterocycles. The molecule has 0 bridgehead atoms. The van der Waals surface area contributed by atoms with Crippen LogP contribution in [0.15, 0.2) is 187 Å². The van der Waals surface area contributed by atoms with Crippen LogP contribution in [0, 0.1) is 0 Å². The smallest absolute Gasteiger partial charge is 0.155 e. The van der Waals surface area contributed by atoms with Crippen molar-refractivity contribution in [2.24, 2.45) is 0 Å². The standard InChI is InChI=1S/C49H30N2O/c1-2-12-35-32(11-1)27-44(40-17-7-3-13-36(35)40)31-21-23-33(24-22-31)51(46-29-50-30-48-49(46)43-19-9-10-20-47(43)52-48)34-25-26-42-39-16-5-4-14-37(39)38-15-6-8-18-41(38)45(42)28-34/h1-30H. The molecule has 0 unspecified atom stereocenters. The van der Waals surface area contributed by atoms with Crippen molar-refractivity contribution < 1.29 is 4.42 Å². The van der Waals surface area contributed by atoms with E-state index in [2.05, 4.69) is 163 Å². The number of pyridine rings is 1. The fourth-order valence-corrected chi connectivity index (χ4v) is 8.37. The van der Waals surface area contributed by atoms with Crippen LogP contribution in [-0.2, 0) is 0 Å². The second-order valence-corrected chi connectivity index (χ2v) is 13.5.